The van der Waals surface area contributed by atoms with Gasteiger partial charge in [0, 0.05) is 0 Å². The lowest BCUT2D eigenvalue weighted by molar-refractivity contribution is -0.138. The molecule has 0 atom stereocenters. The van der Waals surface area contributed by atoms with Crippen LogP contribution in [0, 0.1) is 5.92 Å². The van der Waals surface area contributed by atoms with Crippen LogP contribution >= 0.6 is 0 Å². The van der Waals surface area contributed by atoms with Crippen LogP contribution in [0.25, 0.3) is 0 Å². The minimum absolute atomic E-state index is 0.00140. The lowest BCUT2D eigenvalue weighted by atomic mass is 10.1. The Morgan fingerprint density at radius 1 is 1.54 bits per heavy atom. The van der Waals surface area contributed by atoms with E-state index in [4.69, 9.17) is 9.94 Å². The number of nitrogens with zero attached hydrogens (tertiary/aromatic N) is 1. The van der Waals surface area contributed by atoms with Crippen molar-refractivity contribution in [1.82, 2.24) is 0 Å². The minimum atomic E-state index is -0.863. The quantitative estimate of drug-likeness (QED) is 0.392. The Morgan fingerprint density at radius 3 is 2.54 bits per heavy atom. The van der Waals surface area contributed by atoms with Gasteiger partial charge >= 0.3 is 5.97 Å². The van der Waals surface area contributed by atoms with Crippen LogP contribution in [0.15, 0.2) is 5.16 Å². The number of aliphatic carboxylic acids is 1. The molecule has 0 fully saturated rings. The van der Waals surface area contributed by atoms with Crippen molar-refractivity contribution in [3.8, 4) is 0 Å². The Bertz CT molecular complexity index is 187. The van der Waals surface area contributed by atoms with E-state index in [0.29, 0.717) is 5.92 Å². The summed E-state index contributed by atoms with van der Waals surface area (Å²) in [5.41, 5.74) is 0.963. The van der Waals surface area contributed by atoms with Crippen molar-refractivity contribution in [2.24, 2.45) is 11.1 Å². The van der Waals surface area contributed by atoms with Crippen molar-refractivity contribution in [2.45, 2.75) is 33.6 Å². The van der Waals surface area contributed by atoms with Gasteiger partial charge in [0.2, 0.25) is 0 Å². The van der Waals surface area contributed by atoms with Crippen molar-refractivity contribution in [2.75, 3.05) is 6.61 Å². The molecular weight excluding hydrogens is 170 g/mol. The van der Waals surface area contributed by atoms with Gasteiger partial charge in [0.15, 0.2) is 0 Å². The minimum Gasteiger partial charge on any atom is -0.481 e. The van der Waals surface area contributed by atoms with E-state index in [-0.39, 0.29) is 13.0 Å². The molecule has 0 rings (SSSR count). The molecule has 1 N–H and O–H groups in total. The maximum absolute atomic E-state index is 10.1. The number of hydrogen-bond acceptors (Lipinski definition) is 3. The van der Waals surface area contributed by atoms with E-state index in [2.05, 4.69) is 5.16 Å². The van der Waals surface area contributed by atoms with Gasteiger partial charge in [-0.3, -0.25) is 4.79 Å². The molecule has 13 heavy (non-hydrogen) atoms. The summed E-state index contributed by atoms with van der Waals surface area (Å²) >= 11 is 0. The predicted molar refractivity (Wildman–Crippen MR) is 50.8 cm³/mol. The van der Waals surface area contributed by atoms with Gasteiger partial charge in [0.05, 0.1) is 12.1 Å². The SMILES string of the molecule is CC/C(=N/OCCC(=O)O)C(C)C. The first-order valence-corrected chi connectivity index (χ1v) is 4.48. The van der Waals surface area contributed by atoms with Gasteiger partial charge in [0.25, 0.3) is 0 Å². The van der Waals surface area contributed by atoms with E-state index in [0.717, 1.165) is 12.1 Å². The standard InChI is InChI=1S/C9H17NO3/c1-4-8(7(2)3)10-13-6-5-9(11)12/h7H,4-6H2,1-3H3,(H,11,12)/b10-8-. The molecule has 0 aromatic rings. The number of carboxylic acids is 1. The smallest absolute Gasteiger partial charge is 0.306 e. The van der Waals surface area contributed by atoms with E-state index in [1.165, 1.54) is 0 Å². The number of carboxylic acid groups (broad SMARTS) is 1. The number of rotatable bonds is 6. The molecule has 0 aliphatic heterocycles. The summed E-state index contributed by atoms with van der Waals surface area (Å²) in [6.45, 7) is 6.21. The van der Waals surface area contributed by atoms with Crippen LogP contribution in [-0.4, -0.2) is 23.4 Å². The van der Waals surface area contributed by atoms with Gasteiger partial charge in [-0.25, -0.2) is 0 Å². The van der Waals surface area contributed by atoms with Crippen molar-refractivity contribution in [3.63, 3.8) is 0 Å². The molecule has 0 amide bonds. The Kier molecular flexibility index (Phi) is 5.93. The van der Waals surface area contributed by atoms with Crippen molar-refractivity contribution >= 4 is 11.7 Å². The molecule has 0 spiro atoms. The first kappa shape index (κ1) is 11.9. The summed E-state index contributed by atoms with van der Waals surface area (Å²) in [7, 11) is 0. The van der Waals surface area contributed by atoms with Gasteiger partial charge in [-0.05, 0) is 12.3 Å². The highest BCUT2D eigenvalue weighted by molar-refractivity contribution is 5.85. The lowest BCUT2D eigenvalue weighted by Gasteiger charge is -2.06. The molecule has 0 heterocycles. The molecule has 0 saturated heterocycles. The topological polar surface area (TPSA) is 58.9 Å². The third-order valence-corrected chi connectivity index (χ3v) is 1.62. The van der Waals surface area contributed by atoms with Crippen LogP contribution in [0.2, 0.25) is 0 Å². The van der Waals surface area contributed by atoms with Gasteiger partial charge in [-0.1, -0.05) is 25.9 Å². The molecule has 0 aliphatic carbocycles. The first-order valence-electron chi connectivity index (χ1n) is 4.48. The van der Waals surface area contributed by atoms with Crippen LogP contribution in [0.3, 0.4) is 0 Å². The highest BCUT2D eigenvalue weighted by Gasteiger charge is 2.03. The van der Waals surface area contributed by atoms with Crippen molar-refractivity contribution in [1.29, 1.82) is 0 Å². The molecule has 4 nitrogen and oxygen atoms in total. The van der Waals surface area contributed by atoms with E-state index in [9.17, 15) is 4.79 Å². The van der Waals surface area contributed by atoms with E-state index >= 15 is 0 Å². The zero-order valence-corrected chi connectivity index (χ0v) is 8.41. The fraction of sp³-hybridized carbons (Fsp3) is 0.778. The first-order chi connectivity index (χ1) is 6.07. The van der Waals surface area contributed by atoms with E-state index < -0.39 is 5.97 Å². The second-order valence-electron chi connectivity index (χ2n) is 3.07. The fourth-order valence-corrected chi connectivity index (χ4v) is 0.840. The summed E-state index contributed by atoms with van der Waals surface area (Å²) < 4.78 is 0. The molecule has 0 aromatic carbocycles. The second-order valence-corrected chi connectivity index (χ2v) is 3.07. The molecule has 76 valence electrons. The van der Waals surface area contributed by atoms with Gasteiger partial charge in [0.1, 0.15) is 6.61 Å². The largest absolute Gasteiger partial charge is 0.481 e. The Hall–Kier alpha value is -1.06. The van der Waals surface area contributed by atoms with Crippen LogP contribution in [0.4, 0.5) is 0 Å². The second kappa shape index (κ2) is 6.46. The third kappa shape index (κ3) is 6.13. The average Bonchev–Trinajstić information content (AvgIpc) is 2.03. The average molecular weight is 187 g/mol. The van der Waals surface area contributed by atoms with E-state index in [1.54, 1.807) is 0 Å². The highest BCUT2D eigenvalue weighted by Crippen LogP contribution is 2.01. The summed E-state index contributed by atoms with van der Waals surface area (Å²) in [5.74, 6) is -0.507. The molecule has 0 unspecified atom stereocenters. The molecule has 0 radical (unpaired) electrons. The Balaban J connectivity index is 3.73. The maximum atomic E-state index is 10.1. The Morgan fingerprint density at radius 2 is 2.15 bits per heavy atom. The molecule has 0 aliphatic rings. The van der Waals surface area contributed by atoms with Gasteiger partial charge in [-0.15, -0.1) is 0 Å². The summed E-state index contributed by atoms with van der Waals surface area (Å²) in [4.78, 5) is 15.0. The maximum Gasteiger partial charge on any atom is 0.306 e. The molecular formula is C9H17NO3. The number of hydrogen-bond donors (Lipinski definition) is 1. The molecule has 0 aromatic heterocycles. The molecule has 0 saturated carbocycles. The fourth-order valence-electron chi connectivity index (χ4n) is 0.840. The zero-order chi connectivity index (χ0) is 10.3. The van der Waals surface area contributed by atoms with Gasteiger partial charge < -0.3 is 9.94 Å². The Labute approximate surface area is 78.6 Å². The van der Waals surface area contributed by atoms with Crippen molar-refractivity contribution in [3.05, 3.63) is 0 Å². The predicted octanol–water partition coefficient (Wildman–Crippen LogP) is 1.90. The summed E-state index contributed by atoms with van der Waals surface area (Å²) in [6, 6.07) is 0. The monoisotopic (exact) mass is 187 g/mol. The third-order valence-electron chi connectivity index (χ3n) is 1.62. The normalized spacial score (nSPS) is 11.8. The number of carbonyl (C=O) groups is 1. The van der Waals surface area contributed by atoms with E-state index in [1.807, 2.05) is 20.8 Å². The molecule has 4 heteroatoms. The van der Waals surface area contributed by atoms with Crippen LogP contribution < -0.4 is 0 Å². The zero-order valence-electron chi connectivity index (χ0n) is 8.41. The van der Waals surface area contributed by atoms with Crippen LogP contribution in [0.5, 0.6) is 0 Å². The highest BCUT2D eigenvalue weighted by atomic mass is 16.6. The van der Waals surface area contributed by atoms with Gasteiger partial charge in [-0.2, -0.15) is 0 Å². The van der Waals surface area contributed by atoms with Crippen molar-refractivity contribution < 1.29 is 14.7 Å². The molecule has 0 bridgehead atoms. The summed E-state index contributed by atoms with van der Waals surface area (Å²) in [5, 5.41) is 12.2. The van der Waals surface area contributed by atoms with Crippen LogP contribution in [0.1, 0.15) is 33.6 Å². The lowest BCUT2D eigenvalue weighted by Crippen LogP contribution is -2.08. The van der Waals surface area contributed by atoms with Crippen LogP contribution in [-0.2, 0) is 9.63 Å². The summed E-state index contributed by atoms with van der Waals surface area (Å²) in [6.07, 6.45) is 0.837. The number of oxime groups is 1.